The second-order valence-electron chi connectivity index (χ2n) is 3.48. The van der Waals surface area contributed by atoms with Gasteiger partial charge in [0.05, 0.1) is 5.88 Å². The topological polar surface area (TPSA) is 22.1 Å². The number of halogens is 2. The minimum atomic E-state index is -0.511. The predicted molar refractivity (Wildman–Crippen MR) is 72.0 cm³/mol. The van der Waals surface area contributed by atoms with E-state index in [4.69, 9.17) is 16.3 Å². The second kappa shape index (κ2) is 6.07. The highest BCUT2D eigenvalue weighted by Crippen LogP contribution is 2.32. The quantitative estimate of drug-likeness (QED) is 0.610. The van der Waals surface area contributed by atoms with E-state index in [-0.39, 0.29) is 11.8 Å². The molecule has 18 heavy (non-hydrogen) atoms. The van der Waals surface area contributed by atoms with Gasteiger partial charge in [-0.15, -0.1) is 23.4 Å². The number of pyridine rings is 1. The van der Waals surface area contributed by atoms with Crippen LogP contribution in [0.1, 0.15) is 5.56 Å². The van der Waals surface area contributed by atoms with E-state index in [2.05, 4.69) is 4.98 Å². The van der Waals surface area contributed by atoms with Crippen LogP contribution in [0.5, 0.6) is 11.6 Å². The van der Waals surface area contributed by atoms with E-state index in [0.717, 1.165) is 4.90 Å². The number of hydrogen-bond acceptors (Lipinski definition) is 3. The molecule has 2 nitrogen and oxygen atoms in total. The molecule has 0 radical (unpaired) electrons. The zero-order valence-corrected chi connectivity index (χ0v) is 11.3. The van der Waals surface area contributed by atoms with Crippen LogP contribution in [0, 0.1) is 5.82 Å². The molecule has 1 aromatic heterocycles. The predicted octanol–water partition coefficient (Wildman–Crippen LogP) is 4.47. The van der Waals surface area contributed by atoms with E-state index in [1.807, 2.05) is 24.5 Å². The summed E-state index contributed by atoms with van der Waals surface area (Å²) >= 11 is 7.17. The number of para-hydroxylation sites is 1. The maximum Gasteiger partial charge on any atom is 0.256 e. The standard InChI is InChI=1S/C13H11ClFNOS/c1-18-11-5-3-2-4-10(11)17-13-12(15)9(8-14)6-7-16-13/h2-7H,8H2,1H3. The molecule has 0 aliphatic heterocycles. The van der Waals surface area contributed by atoms with E-state index < -0.39 is 5.82 Å². The van der Waals surface area contributed by atoms with Crippen molar-refractivity contribution in [2.45, 2.75) is 10.8 Å². The van der Waals surface area contributed by atoms with Crippen molar-refractivity contribution in [1.82, 2.24) is 4.98 Å². The average molecular weight is 284 g/mol. The second-order valence-corrected chi connectivity index (χ2v) is 4.59. The molecule has 0 unspecified atom stereocenters. The summed E-state index contributed by atoms with van der Waals surface area (Å²) in [5.41, 5.74) is 0.378. The maximum absolute atomic E-state index is 13.9. The molecule has 0 bridgehead atoms. The van der Waals surface area contributed by atoms with Gasteiger partial charge in [-0.25, -0.2) is 9.37 Å². The Labute approximate surface area is 114 Å². The summed E-state index contributed by atoms with van der Waals surface area (Å²) in [5, 5.41) is 0. The highest BCUT2D eigenvalue weighted by molar-refractivity contribution is 7.98. The SMILES string of the molecule is CSc1ccccc1Oc1nccc(CCl)c1F. The van der Waals surface area contributed by atoms with Crippen molar-refractivity contribution >= 4 is 23.4 Å². The molecule has 0 atom stereocenters. The van der Waals surface area contributed by atoms with Gasteiger partial charge >= 0.3 is 0 Å². The van der Waals surface area contributed by atoms with Crippen LogP contribution in [-0.4, -0.2) is 11.2 Å². The molecule has 0 saturated carbocycles. The third-order valence-electron chi connectivity index (χ3n) is 2.36. The molecule has 2 aromatic rings. The van der Waals surface area contributed by atoms with Gasteiger partial charge < -0.3 is 4.74 Å². The number of aromatic nitrogens is 1. The fourth-order valence-corrected chi connectivity index (χ4v) is 2.18. The summed E-state index contributed by atoms with van der Waals surface area (Å²) in [6.07, 6.45) is 3.42. The first-order valence-corrected chi connectivity index (χ1v) is 7.02. The summed E-state index contributed by atoms with van der Waals surface area (Å²) in [4.78, 5) is 4.82. The van der Waals surface area contributed by atoms with Crippen LogP contribution in [0.15, 0.2) is 41.4 Å². The lowest BCUT2D eigenvalue weighted by atomic mass is 10.3. The van der Waals surface area contributed by atoms with Crippen LogP contribution in [0.2, 0.25) is 0 Å². The molecule has 1 aromatic carbocycles. The first-order valence-electron chi connectivity index (χ1n) is 5.26. The van der Waals surface area contributed by atoms with Crippen molar-refractivity contribution in [3.8, 4) is 11.6 Å². The summed E-state index contributed by atoms with van der Waals surface area (Å²) in [5.74, 6) is 0.121. The van der Waals surface area contributed by atoms with Crippen LogP contribution in [0.25, 0.3) is 0 Å². The van der Waals surface area contributed by atoms with Gasteiger partial charge in [0, 0.05) is 16.7 Å². The lowest BCUT2D eigenvalue weighted by Crippen LogP contribution is -1.96. The third-order valence-corrected chi connectivity index (χ3v) is 3.42. The van der Waals surface area contributed by atoms with Crippen LogP contribution in [0.4, 0.5) is 4.39 Å². The number of nitrogens with zero attached hydrogens (tertiary/aromatic N) is 1. The summed E-state index contributed by atoms with van der Waals surface area (Å²) < 4.78 is 19.4. The average Bonchev–Trinajstić information content (AvgIpc) is 2.42. The van der Waals surface area contributed by atoms with Gasteiger partial charge in [-0.3, -0.25) is 0 Å². The van der Waals surface area contributed by atoms with Crippen molar-refractivity contribution < 1.29 is 9.13 Å². The number of hydrogen-bond donors (Lipinski definition) is 0. The molecule has 0 N–H and O–H groups in total. The Morgan fingerprint density at radius 3 is 2.83 bits per heavy atom. The Morgan fingerprint density at radius 1 is 1.33 bits per heavy atom. The van der Waals surface area contributed by atoms with Gasteiger partial charge in [-0.05, 0) is 24.5 Å². The minimum absolute atomic E-state index is 0.0466. The number of benzene rings is 1. The lowest BCUT2D eigenvalue weighted by molar-refractivity contribution is 0.412. The molecule has 1 heterocycles. The van der Waals surface area contributed by atoms with Crippen LogP contribution in [-0.2, 0) is 5.88 Å². The zero-order chi connectivity index (χ0) is 13.0. The molecule has 0 fully saturated rings. The molecule has 0 aliphatic rings. The monoisotopic (exact) mass is 283 g/mol. The van der Waals surface area contributed by atoms with Gasteiger partial charge in [0.15, 0.2) is 5.82 Å². The van der Waals surface area contributed by atoms with Crippen LogP contribution in [0.3, 0.4) is 0 Å². The molecular weight excluding hydrogens is 273 g/mol. The largest absolute Gasteiger partial charge is 0.435 e. The molecule has 0 aliphatic carbocycles. The Bertz CT molecular complexity index is 550. The van der Waals surface area contributed by atoms with Crippen molar-refractivity contribution in [2.24, 2.45) is 0 Å². The van der Waals surface area contributed by atoms with Crippen molar-refractivity contribution in [1.29, 1.82) is 0 Å². The highest BCUT2D eigenvalue weighted by Gasteiger charge is 2.12. The highest BCUT2D eigenvalue weighted by atomic mass is 35.5. The number of thioether (sulfide) groups is 1. The summed E-state index contributed by atoms with van der Waals surface area (Å²) in [7, 11) is 0. The zero-order valence-electron chi connectivity index (χ0n) is 9.69. The Balaban J connectivity index is 2.34. The van der Waals surface area contributed by atoms with Crippen LogP contribution >= 0.6 is 23.4 Å². The smallest absolute Gasteiger partial charge is 0.256 e. The van der Waals surface area contributed by atoms with Gasteiger partial charge in [-0.1, -0.05) is 12.1 Å². The minimum Gasteiger partial charge on any atom is -0.435 e. The van der Waals surface area contributed by atoms with Crippen LogP contribution < -0.4 is 4.74 Å². The third kappa shape index (κ3) is 2.76. The first kappa shape index (κ1) is 13.2. The van der Waals surface area contributed by atoms with Crippen molar-refractivity contribution in [2.75, 3.05) is 6.26 Å². The molecule has 5 heteroatoms. The van der Waals surface area contributed by atoms with Crippen molar-refractivity contribution in [3.05, 3.63) is 47.9 Å². The Kier molecular flexibility index (Phi) is 4.44. The number of ether oxygens (including phenoxy) is 1. The van der Waals surface area contributed by atoms with Gasteiger partial charge in [-0.2, -0.15) is 0 Å². The fourth-order valence-electron chi connectivity index (χ4n) is 1.44. The van der Waals surface area contributed by atoms with Gasteiger partial charge in [0.1, 0.15) is 5.75 Å². The van der Waals surface area contributed by atoms with E-state index >= 15 is 0 Å². The number of alkyl halides is 1. The molecule has 0 saturated heterocycles. The number of rotatable bonds is 4. The van der Waals surface area contributed by atoms with E-state index in [1.54, 1.807) is 6.07 Å². The molecule has 0 spiro atoms. The van der Waals surface area contributed by atoms with Gasteiger partial charge in [0.25, 0.3) is 5.88 Å². The summed E-state index contributed by atoms with van der Waals surface area (Å²) in [6, 6.07) is 8.95. The van der Waals surface area contributed by atoms with Gasteiger partial charge in [0.2, 0.25) is 0 Å². The Hall–Kier alpha value is -1.26. The molecule has 0 amide bonds. The molecule has 94 valence electrons. The molecular formula is C13H11ClFNOS. The summed E-state index contributed by atoms with van der Waals surface area (Å²) in [6.45, 7) is 0. The normalized spacial score (nSPS) is 10.4. The Morgan fingerprint density at radius 2 is 2.11 bits per heavy atom. The molecule has 2 rings (SSSR count). The maximum atomic E-state index is 13.9. The van der Waals surface area contributed by atoms with E-state index in [1.165, 1.54) is 24.0 Å². The van der Waals surface area contributed by atoms with E-state index in [9.17, 15) is 4.39 Å². The van der Waals surface area contributed by atoms with E-state index in [0.29, 0.717) is 11.3 Å². The van der Waals surface area contributed by atoms with Crippen molar-refractivity contribution in [3.63, 3.8) is 0 Å². The fraction of sp³-hybridized carbons (Fsp3) is 0.154. The first-order chi connectivity index (χ1) is 8.76. The lowest BCUT2D eigenvalue weighted by Gasteiger charge is -2.10.